The van der Waals surface area contributed by atoms with E-state index in [1.807, 2.05) is 18.2 Å². The van der Waals surface area contributed by atoms with Crippen LogP contribution in [0.2, 0.25) is 0 Å². The molecule has 6 heteroatoms. The number of methoxy groups -OCH3 is 1. The summed E-state index contributed by atoms with van der Waals surface area (Å²) in [6.07, 6.45) is 3.42. The van der Waals surface area contributed by atoms with Crippen LogP contribution in [0.5, 0.6) is 0 Å². The van der Waals surface area contributed by atoms with Crippen molar-refractivity contribution < 1.29 is 9.15 Å². The van der Waals surface area contributed by atoms with E-state index in [2.05, 4.69) is 44.9 Å². The predicted molar refractivity (Wildman–Crippen MR) is 105 cm³/mol. The van der Waals surface area contributed by atoms with Crippen molar-refractivity contribution in [3.8, 4) is 0 Å². The molecule has 0 fully saturated rings. The van der Waals surface area contributed by atoms with Gasteiger partial charge >= 0.3 is 0 Å². The fourth-order valence-electron chi connectivity index (χ4n) is 2.77. The molecule has 3 aromatic rings. The molecule has 0 saturated carbocycles. The molecule has 0 amide bonds. The number of hydrogen-bond donors (Lipinski definition) is 3. The van der Waals surface area contributed by atoms with Gasteiger partial charge in [-0.15, -0.1) is 0 Å². The number of aromatic amines is 1. The molecule has 0 aliphatic rings. The SMILES string of the molecule is COCCN=C(NCCc1cc2ccccc2[nH]1)NCCc1ccco1. The quantitative estimate of drug-likeness (QED) is 0.314. The van der Waals surface area contributed by atoms with Gasteiger partial charge in [-0.05, 0) is 29.7 Å². The number of rotatable bonds is 9. The number of nitrogens with zero attached hydrogens (tertiary/aromatic N) is 1. The highest BCUT2D eigenvalue weighted by molar-refractivity contribution is 5.81. The van der Waals surface area contributed by atoms with E-state index in [1.165, 1.54) is 16.6 Å². The van der Waals surface area contributed by atoms with Crippen molar-refractivity contribution in [1.29, 1.82) is 0 Å². The van der Waals surface area contributed by atoms with E-state index in [9.17, 15) is 0 Å². The maximum atomic E-state index is 5.36. The van der Waals surface area contributed by atoms with Crippen LogP contribution in [-0.2, 0) is 17.6 Å². The van der Waals surface area contributed by atoms with Crippen LogP contribution in [0.25, 0.3) is 10.9 Å². The summed E-state index contributed by atoms with van der Waals surface area (Å²) in [6.45, 7) is 2.79. The summed E-state index contributed by atoms with van der Waals surface area (Å²) in [5.74, 6) is 1.76. The molecule has 0 spiro atoms. The Morgan fingerprint density at radius 1 is 1.12 bits per heavy atom. The summed E-state index contributed by atoms with van der Waals surface area (Å²) in [5.41, 5.74) is 2.39. The minimum Gasteiger partial charge on any atom is -0.469 e. The van der Waals surface area contributed by atoms with E-state index < -0.39 is 0 Å². The van der Waals surface area contributed by atoms with E-state index in [0.29, 0.717) is 13.2 Å². The first-order valence-electron chi connectivity index (χ1n) is 8.95. The van der Waals surface area contributed by atoms with Crippen molar-refractivity contribution >= 4 is 16.9 Å². The van der Waals surface area contributed by atoms with Crippen molar-refractivity contribution in [3.05, 3.63) is 60.2 Å². The number of fused-ring (bicyclic) bond motifs is 1. The zero-order valence-corrected chi connectivity index (χ0v) is 15.1. The largest absolute Gasteiger partial charge is 0.469 e. The molecule has 26 heavy (non-hydrogen) atoms. The Morgan fingerprint density at radius 3 is 2.73 bits per heavy atom. The minimum atomic E-state index is 0.604. The highest BCUT2D eigenvalue weighted by Gasteiger charge is 2.03. The molecule has 138 valence electrons. The second kappa shape index (κ2) is 9.68. The Hall–Kier alpha value is -2.73. The zero-order valence-electron chi connectivity index (χ0n) is 15.1. The van der Waals surface area contributed by atoms with Gasteiger partial charge in [0.25, 0.3) is 0 Å². The van der Waals surface area contributed by atoms with Gasteiger partial charge in [-0.2, -0.15) is 0 Å². The van der Waals surface area contributed by atoms with E-state index >= 15 is 0 Å². The second-order valence-corrected chi connectivity index (χ2v) is 6.04. The van der Waals surface area contributed by atoms with Gasteiger partial charge in [0.2, 0.25) is 0 Å². The number of H-pyrrole nitrogens is 1. The lowest BCUT2D eigenvalue weighted by molar-refractivity contribution is 0.208. The number of guanidine groups is 1. The van der Waals surface area contributed by atoms with Crippen molar-refractivity contribution in [2.75, 3.05) is 33.4 Å². The van der Waals surface area contributed by atoms with Crippen LogP contribution in [0.15, 0.2) is 58.1 Å². The lowest BCUT2D eigenvalue weighted by Crippen LogP contribution is -2.39. The average Bonchev–Trinajstić information content (AvgIpc) is 3.30. The number of ether oxygens (including phenoxy) is 1. The van der Waals surface area contributed by atoms with Gasteiger partial charge in [-0.3, -0.25) is 4.99 Å². The van der Waals surface area contributed by atoms with Crippen molar-refractivity contribution in [2.24, 2.45) is 4.99 Å². The summed E-state index contributed by atoms with van der Waals surface area (Å²) >= 11 is 0. The Bertz CT molecular complexity index is 775. The van der Waals surface area contributed by atoms with Crippen molar-refractivity contribution in [1.82, 2.24) is 15.6 Å². The molecule has 0 unspecified atom stereocenters. The Balaban J connectivity index is 1.48. The van der Waals surface area contributed by atoms with Gasteiger partial charge in [0.05, 0.1) is 19.4 Å². The molecular weight excluding hydrogens is 328 g/mol. The Kier molecular flexibility index (Phi) is 6.73. The number of furan rings is 1. The van der Waals surface area contributed by atoms with Crippen LogP contribution in [0.1, 0.15) is 11.5 Å². The third-order valence-corrected chi connectivity index (χ3v) is 4.08. The summed E-state index contributed by atoms with van der Waals surface area (Å²) < 4.78 is 10.4. The fourth-order valence-corrected chi connectivity index (χ4v) is 2.77. The first kappa shape index (κ1) is 18.1. The Morgan fingerprint density at radius 2 is 1.96 bits per heavy atom. The smallest absolute Gasteiger partial charge is 0.191 e. The standard InChI is InChI=1S/C20H26N4O2/c1-25-14-12-23-20(22-11-9-18-6-4-13-26-18)21-10-8-17-15-16-5-2-3-7-19(16)24-17/h2-7,13,15,24H,8-12,14H2,1H3,(H2,21,22,23). The lowest BCUT2D eigenvalue weighted by Gasteiger charge is -2.12. The first-order chi connectivity index (χ1) is 12.8. The van der Waals surface area contributed by atoms with Crippen LogP contribution >= 0.6 is 0 Å². The third kappa shape index (κ3) is 5.39. The second-order valence-electron chi connectivity index (χ2n) is 6.04. The summed E-state index contributed by atoms with van der Waals surface area (Å²) in [7, 11) is 1.68. The van der Waals surface area contributed by atoms with Crippen LogP contribution in [0.4, 0.5) is 0 Å². The topological polar surface area (TPSA) is 74.6 Å². The van der Waals surface area contributed by atoms with E-state index in [0.717, 1.165) is 37.7 Å². The highest BCUT2D eigenvalue weighted by atomic mass is 16.5. The molecule has 0 atom stereocenters. The molecule has 3 N–H and O–H groups in total. The summed E-state index contributed by atoms with van der Waals surface area (Å²) in [6, 6.07) is 14.4. The number of nitrogens with one attached hydrogen (secondary N) is 3. The van der Waals surface area contributed by atoms with Gasteiger partial charge in [0.15, 0.2) is 5.96 Å². The monoisotopic (exact) mass is 354 g/mol. The lowest BCUT2D eigenvalue weighted by atomic mass is 10.2. The highest BCUT2D eigenvalue weighted by Crippen LogP contribution is 2.14. The summed E-state index contributed by atoms with van der Waals surface area (Å²) in [5, 5.41) is 7.97. The molecule has 6 nitrogen and oxygen atoms in total. The van der Waals surface area contributed by atoms with Crippen molar-refractivity contribution in [3.63, 3.8) is 0 Å². The van der Waals surface area contributed by atoms with Crippen LogP contribution in [0, 0.1) is 0 Å². The van der Waals surface area contributed by atoms with Crippen LogP contribution < -0.4 is 10.6 Å². The zero-order chi connectivity index (χ0) is 18.0. The van der Waals surface area contributed by atoms with E-state index in [4.69, 9.17) is 9.15 Å². The van der Waals surface area contributed by atoms with Gasteiger partial charge in [-0.1, -0.05) is 18.2 Å². The molecule has 0 aliphatic carbocycles. The molecule has 0 bridgehead atoms. The first-order valence-corrected chi connectivity index (χ1v) is 8.95. The maximum absolute atomic E-state index is 5.36. The number of benzene rings is 1. The van der Waals surface area contributed by atoms with Gasteiger partial charge in [0, 0.05) is 44.3 Å². The van der Waals surface area contributed by atoms with Gasteiger partial charge in [0.1, 0.15) is 5.76 Å². The van der Waals surface area contributed by atoms with Gasteiger partial charge < -0.3 is 24.8 Å². The fraction of sp³-hybridized carbons (Fsp3) is 0.350. The summed E-state index contributed by atoms with van der Waals surface area (Å²) in [4.78, 5) is 7.99. The van der Waals surface area contributed by atoms with E-state index in [-0.39, 0.29) is 0 Å². The molecule has 0 radical (unpaired) electrons. The number of aromatic nitrogens is 1. The molecular formula is C20H26N4O2. The number of para-hydroxylation sites is 1. The molecule has 1 aromatic carbocycles. The number of hydrogen-bond acceptors (Lipinski definition) is 3. The van der Waals surface area contributed by atoms with Crippen LogP contribution in [-0.4, -0.2) is 44.3 Å². The van der Waals surface area contributed by atoms with E-state index in [1.54, 1.807) is 13.4 Å². The van der Waals surface area contributed by atoms with Gasteiger partial charge in [-0.25, -0.2) is 0 Å². The maximum Gasteiger partial charge on any atom is 0.191 e. The Labute approximate surface area is 153 Å². The normalized spacial score (nSPS) is 11.8. The molecule has 3 rings (SSSR count). The van der Waals surface area contributed by atoms with Crippen molar-refractivity contribution in [2.45, 2.75) is 12.8 Å². The average molecular weight is 354 g/mol. The number of aliphatic imine (C=N–C) groups is 1. The third-order valence-electron chi connectivity index (χ3n) is 4.08. The molecule has 2 aromatic heterocycles. The molecule has 0 aliphatic heterocycles. The molecule has 2 heterocycles. The minimum absolute atomic E-state index is 0.604. The van der Waals surface area contributed by atoms with Crippen LogP contribution in [0.3, 0.4) is 0 Å². The molecule has 0 saturated heterocycles. The predicted octanol–water partition coefficient (Wildman–Crippen LogP) is 2.73.